The van der Waals surface area contributed by atoms with Crippen LogP contribution in [0.4, 0.5) is 11.4 Å². The Morgan fingerprint density at radius 1 is 0.412 bits per heavy atom. The lowest BCUT2D eigenvalue weighted by Gasteiger charge is -2.42. The fourth-order valence-electron chi connectivity index (χ4n) is 7.34. The van der Waals surface area contributed by atoms with Gasteiger partial charge >= 0.3 is 0 Å². The van der Waals surface area contributed by atoms with Gasteiger partial charge in [-0.15, -0.1) is 0 Å². The molecule has 51 heavy (non-hydrogen) atoms. The fraction of sp³-hybridized carbons (Fsp3) is 0.116. The molecule has 254 valence electrons. The fourth-order valence-corrected chi connectivity index (χ4v) is 7.34. The van der Waals surface area contributed by atoms with Crippen molar-refractivity contribution in [2.24, 2.45) is 5.41 Å². The molecule has 1 aliphatic rings. The van der Waals surface area contributed by atoms with Crippen molar-refractivity contribution in [3.8, 4) is 0 Å². The largest absolute Gasteiger partial charge is 0.271 e. The van der Waals surface area contributed by atoms with Gasteiger partial charge in [-0.05, 0) is 46.5 Å². The van der Waals surface area contributed by atoms with Crippen molar-refractivity contribution in [3.63, 3.8) is 0 Å². The maximum atomic E-state index is 15.7. The lowest BCUT2D eigenvalue weighted by molar-refractivity contribution is -0.331. The second-order valence-electron chi connectivity index (χ2n) is 12.6. The Bertz CT molecular complexity index is 1830. The molecular formula is C43H36N2O6. The van der Waals surface area contributed by atoms with Crippen LogP contribution in [0, 0.1) is 5.41 Å². The normalized spacial score (nSPS) is 14.5. The summed E-state index contributed by atoms with van der Waals surface area (Å²) < 4.78 is 0. The number of hydrazine groups is 1. The summed E-state index contributed by atoms with van der Waals surface area (Å²) in [7, 11) is 0. The van der Waals surface area contributed by atoms with E-state index in [9.17, 15) is 10.5 Å². The van der Waals surface area contributed by atoms with Gasteiger partial charge < -0.3 is 0 Å². The monoisotopic (exact) mass is 676 g/mol. The molecular weight excluding hydrogens is 640 g/mol. The van der Waals surface area contributed by atoms with Crippen LogP contribution < -0.4 is 10.0 Å². The van der Waals surface area contributed by atoms with Crippen LogP contribution in [0.5, 0.6) is 0 Å². The molecule has 1 heterocycles. The topological polar surface area (TPSA) is 99.5 Å². The third-order valence-corrected chi connectivity index (χ3v) is 9.78. The van der Waals surface area contributed by atoms with Crippen LogP contribution in [-0.4, -0.2) is 22.3 Å². The molecule has 0 atom stereocenters. The van der Waals surface area contributed by atoms with Gasteiger partial charge in [0, 0.05) is 12.8 Å². The molecule has 0 aliphatic carbocycles. The predicted molar refractivity (Wildman–Crippen MR) is 194 cm³/mol. The summed E-state index contributed by atoms with van der Waals surface area (Å²) in [5.74, 6) is -1.19. The van der Waals surface area contributed by atoms with Crippen molar-refractivity contribution in [3.05, 3.63) is 204 Å². The maximum absolute atomic E-state index is 15.7. The molecule has 6 aromatic rings. The van der Waals surface area contributed by atoms with E-state index in [1.807, 2.05) is 36.4 Å². The molecule has 2 amide bonds. The van der Waals surface area contributed by atoms with E-state index in [1.165, 1.54) is 10.0 Å². The van der Waals surface area contributed by atoms with Crippen molar-refractivity contribution in [2.45, 2.75) is 24.0 Å². The molecule has 1 aliphatic heterocycles. The molecule has 1 saturated heterocycles. The van der Waals surface area contributed by atoms with Gasteiger partial charge in [-0.25, -0.2) is 19.8 Å². The first kappa shape index (κ1) is 33.6. The molecule has 2 N–H and O–H groups in total. The highest BCUT2D eigenvalue weighted by Gasteiger charge is 2.66. The summed E-state index contributed by atoms with van der Waals surface area (Å²) >= 11 is 0. The van der Waals surface area contributed by atoms with Crippen molar-refractivity contribution < 1.29 is 29.9 Å². The smallest absolute Gasteiger partial charge is 0.262 e. The van der Waals surface area contributed by atoms with Crippen molar-refractivity contribution >= 4 is 23.2 Å². The Hall–Kier alpha value is -5.90. The number of anilines is 2. The number of hydrogen-bond acceptors (Lipinski definition) is 6. The lowest BCUT2D eigenvalue weighted by Crippen LogP contribution is -2.50. The van der Waals surface area contributed by atoms with Gasteiger partial charge in [0.1, 0.15) is 5.41 Å². The maximum Gasteiger partial charge on any atom is 0.262 e. The lowest BCUT2D eigenvalue weighted by atomic mass is 9.64. The molecule has 8 nitrogen and oxygen atoms in total. The number of rotatable bonds is 12. The van der Waals surface area contributed by atoms with Gasteiger partial charge in [-0.3, -0.25) is 20.1 Å². The molecule has 8 heteroatoms. The summed E-state index contributed by atoms with van der Waals surface area (Å²) in [5.41, 5.74) is -2.58. The molecule has 0 unspecified atom stereocenters. The molecule has 0 saturated carbocycles. The van der Waals surface area contributed by atoms with Crippen molar-refractivity contribution in [1.29, 1.82) is 0 Å². The summed E-state index contributed by atoms with van der Waals surface area (Å²) in [6.45, 7) is 0. The first-order valence-electron chi connectivity index (χ1n) is 16.7. The summed E-state index contributed by atoms with van der Waals surface area (Å²) in [6.07, 6.45) is -0.751. The van der Waals surface area contributed by atoms with E-state index >= 15 is 9.59 Å². The Morgan fingerprint density at radius 3 is 0.882 bits per heavy atom. The summed E-state index contributed by atoms with van der Waals surface area (Å²) in [4.78, 5) is 42.6. The van der Waals surface area contributed by atoms with Crippen LogP contribution in [0.3, 0.4) is 0 Å². The Labute approximate surface area is 296 Å². The zero-order valence-electron chi connectivity index (χ0n) is 27.7. The van der Waals surface area contributed by atoms with Crippen LogP contribution in [0.15, 0.2) is 182 Å². The van der Waals surface area contributed by atoms with Gasteiger partial charge in [0.05, 0.1) is 11.4 Å². The molecule has 6 aromatic carbocycles. The zero-order chi connectivity index (χ0) is 35.3. The third kappa shape index (κ3) is 5.80. The number of amides is 2. The van der Waals surface area contributed by atoms with E-state index in [1.54, 1.807) is 146 Å². The van der Waals surface area contributed by atoms with Gasteiger partial charge in [0.25, 0.3) is 11.8 Å². The van der Waals surface area contributed by atoms with Crippen molar-refractivity contribution in [2.75, 3.05) is 10.0 Å². The number of nitrogens with zero attached hydrogens (tertiary/aromatic N) is 2. The van der Waals surface area contributed by atoms with Crippen LogP contribution in [0.25, 0.3) is 0 Å². The Kier molecular flexibility index (Phi) is 9.32. The van der Waals surface area contributed by atoms with Crippen molar-refractivity contribution in [1.82, 2.24) is 0 Å². The zero-order valence-corrected chi connectivity index (χ0v) is 27.7. The average Bonchev–Trinajstić information content (AvgIpc) is 3.42. The van der Waals surface area contributed by atoms with Crippen LogP contribution in [0.1, 0.15) is 35.1 Å². The number of carbonyl (C=O) groups is 2. The predicted octanol–water partition coefficient (Wildman–Crippen LogP) is 8.61. The second-order valence-corrected chi connectivity index (χ2v) is 12.6. The number of hydrogen-bond donors (Lipinski definition) is 2. The minimum absolute atomic E-state index is 0.375. The highest BCUT2D eigenvalue weighted by molar-refractivity contribution is 6.26. The molecule has 7 rings (SSSR count). The molecule has 0 radical (unpaired) electrons. The molecule has 0 spiro atoms. The SMILES string of the molecule is O=C1N(c2ccccc2)N(c2ccccc2)C(=O)C1(CC(OO)(c1ccccc1)c1ccccc1)CC(OO)(c1ccccc1)c1ccccc1. The minimum atomic E-state index is -2.05. The highest BCUT2D eigenvalue weighted by Crippen LogP contribution is 2.55. The highest BCUT2D eigenvalue weighted by atomic mass is 17.1. The minimum Gasteiger partial charge on any atom is -0.271 e. The molecule has 0 aromatic heterocycles. The molecule has 0 bridgehead atoms. The first-order valence-corrected chi connectivity index (χ1v) is 16.7. The van der Waals surface area contributed by atoms with E-state index in [4.69, 9.17) is 9.78 Å². The summed E-state index contributed by atoms with van der Waals surface area (Å²) in [6, 6.07) is 53.9. The van der Waals surface area contributed by atoms with E-state index in [0.29, 0.717) is 33.6 Å². The van der Waals surface area contributed by atoms with Crippen LogP contribution in [-0.2, 0) is 30.6 Å². The third-order valence-electron chi connectivity index (χ3n) is 9.78. The van der Waals surface area contributed by atoms with E-state index in [-0.39, 0.29) is 12.8 Å². The summed E-state index contributed by atoms with van der Waals surface area (Å²) in [5, 5.41) is 25.0. The van der Waals surface area contributed by atoms with E-state index in [2.05, 4.69) is 0 Å². The Morgan fingerprint density at radius 2 is 0.647 bits per heavy atom. The van der Waals surface area contributed by atoms with Gasteiger partial charge in [-0.2, -0.15) is 0 Å². The van der Waals surface area contributed by atoms with E-state index in [0.717, 1.165) is 0 Å². The number of benzene rings is 6. The number of carbonyl (C=O) groups excluding carboxylic acids is 2. The number of para-hydroxylation sites is 2. The Balaban J connectivity index is 1.55. The first-order chi connectivity index (χ1) is 25.0. The second kappa shape index (κ2) is 14.1. The van der Waals surface area contributed by atoms with Gasteiger partial charge in [0.2, 0.25) is 0 Å². The average molecular weight is 677 g/mol. The standard InChI is InChI=1S/C43H36N2O6/c46-39-41(31-42(50-48,33-19-7-1-8-20-33)34-21-9-2-10-22-34,32-43(51-49,35-23-11-3-12-24-35)36-25-13-4-14-26-36)40(47)45(38-29-17-6-18-30-38)44(39)37-27-15-5-16-28-37/h1-30,48-49H,31-32H2. The molecule has 1 fully saturated rings. The van der Waals surface area contributed by atoms with Gasteiger partial charge in [-0.1, -0.05) is 158 Å². The van der Waals surface area contributed by atoms with Gasteiger partial charge in [0.15, 0.2) is 11.2 Å². The van der Waals surface area contributed by atoms with Crippen LogP contribution >= 0.6 is 0 Å². The quantitative estimate of drug-likeness (QED) is 0.0765. The van der Waals surface area contributed by atoms with E-state index < -0.39 is 28.4 Å². The van der Waals surface area contributed by atoms with Crippen LogP contribution in [0.2, 0.25) is 0 Å².